The lowest BCUT2D eigenvalue weighted by Crippen LogP contribution is -2.03. The fraction of sp³-hybridized carbons (Fsp3) is 0. The number of hydrogen-bond donors (Lipinski definition) is 6. The molecule has 0 aliphatic heterocycles. The summed E-state index contributed by atoms with van der Waals surface area (Å²) in [6.07, 6.45) is 0. The third-order valence-electron chi connectivity index (χ3n) is 6.50. The summed E-state index contributed by atoms with van der Waals surface area (Å²) in [6, 6.07) is 16.4. The first kappa shape index (κ1) is 24.4. The van der Waals surface area contributed by atoms with Crippen LogP contribution in [0.15, 0.2) is 91.2 Å². The molecule has 0 saturated carbocycles. The Balaban J connectivity index is 1.65. The molecular weight excluding hydrogens is 520 g/mol. The predicted molar refractivity (Wildman–Crippen MR) is 145 cm³/mol. The Kier molecular flexibility index (Phi) is 5.40. The summed E-state index contributed by atoms with van der Waals surface area (Å²) in [6.45, 7) is 0. The SMILES string of the molecule is O=c1cc(-c2ccc(O)c(O)c2-c2c(O)cc3oc(-c4ccccc4)cc(=O)c3c2O)oc2cc(O)cc(O)c12. The molecule has 0 atom stereocenters. The number of phenolic OH excluding ortho intramolecular Hbond substituents is 6. The molecule has 0 radical (unpaired) electrons. The lowest BCUT2D eigenvalue weighted by Gasteiger charge is -2.16. The summed E-state index contributed by atoms with van der Waals surface area (Å²) in [7, 11) is 0. The van der Waals surface area contributed by atoms with Crippen LogP contribution in [0.5, 0.6) is 34.5 Å². The number of aromatic hydroxyl groups is 6. The van der Waals surface area contributed by atoms with E-state index in [4.69, 9.17) is 8.83 Å². The molecule has 6 rings (SSSR count). The van der Waals surface area contributed by atoms with E-state index in [0.717, 1.165) is 30.3 Å². The minimum atomic E-state index is -0.797. The second-order valence-corrected chi connectivity index (χ2v) is 9.00. The van der Waals surface area contributed by atoms with E-state index in [9.17, 15) is 40.2 Å². The zero-order chi connectivity index (χ0) is 28.3. The van der Waals surface area contributed by atoms with Crippen LogP contribution in [-0.2, 0) is 0 Å². The number of hydrogen-bond acceptors (Lipinski definition) is 10. The molecule has 198 valence electrons. The molecule has 0 saturated heterocycles. The van der Waals surface area contributed by atoms with Gasteiger partial charge in [0, 0.05) is 47.0 Å². The second kappa shape index (κ2) is 8.84. The number of fused-ring (bicyclic) bond motifs is 2. The van der Waals surface area contributed by atoms with Crippen LogP contribution in [0.1, 0.15) is 0 Å². The van der Waals surface area contributed by atoms with Crippen LogP contribution in [0, 0.1) is 0 Å². The lowest BCUT2D eigenvalue weighted by molar-refractivity contribution is 0.404. The van der Waals surface area contributed by atoms with Gasteiger partial charge in [-0.25, -0.2) is 0 Å². The zero-order valence-electron chi connectivity index (χ0n) is 20.2. The highest BCUT2D eigenvalue weighted by molar-refractivity contribution is 6.01. The summed E-state index contributed by atoms with van der Waals surface area (Å²) in [5.41, 5.74) is -1.99. The molecule has 0 fully saturated rings. The van der Waals surface area contributed by atoms with Crippen LogP contribution in [0.25, 0.3) is 55.7 Å². The van der Waals surface area contributed by atoms with Gasteiger partial charge in [0.2, 0.25) is 0 Å². The normalized spacial score (nSPS) is 11.3. The highest BCUT2D eigenvalue weighted by Crippen LogP contribution is 2.51. The van der Waals surface area contributed by atoms with Crippen molar-refractivity contribution >= 4 is 21.9 Å². The van der Waals surface area contributed by atoms with Gasteiger partial charge in [-0.3, -0.25) is 9.59 Å². The molecule has 0 unspecified atom stereocenters. The quantitative estimate of drug-likeness (QED) is 0.165. The Morgan fingerprint density at radius 2 is 1.18 bits per heavy atom. The van der Waals surface area contributed by atoms with Gasteiger partial charge in [-0.2, -0.15) is 0 Å². The van der Waals surface area contributed by atoms with Crippen LogP contribution in [0.4, 0.5) is 0 Å². The molecular formula is C30H18O10. The largest absolute Gasteiger partial charge is 0.508 e. The monoisotopic (exact) mass is 538 g/mol. The summed E-state index contributed by atoms with van der Waals surface area (Å²) < 4.78 is 11.5. The van der Waals surface area contributed by atoms with Crippen molar-refractivity contribution in [2.45, 2.75) is 0 Å². The fourth-order valence-electron chi connectivity index (χ4n) is 4.71. The summed E-state index contributed by atoms with van der Waals surface area (Å²) in [4.78, 5) is 26.0. The Bertz CT molecular complexity index is 2110. The molecule has 6 aromatic rings. The molecule has 10 heteroatoms. The van der Waals surface area contributed by atoms with Crippen molar-refractivity contribution in [2.75, 3.05) is 0 Å². The maximum Gasteiger partial charge on any atom is 0.197 e. The van der Waals surface area contributed by atoms with Gasteiger partial charge in [-0.15, -0.1) is 0 Å². The number of phenols is 6. The Morgan fingerprint density at radius 1 is 0.525 bits per heavy atom. The van der Waals surface area contributed by atoms with Gasteiger partial charge in [0.25, 0.3) is 0 Å². The maximum absolute atomic E-state index is 13.1. The van der Waals surface area contributed by atoms with Crippen molar-refractivity contribution in [3.8, 4) is 68.3 Å². The molecule has 6 N–H and O–H groups in total. The Morgan fingerprint density at radius 3 is 1.93 bits per heavy atom. The molecule has 2 heterocycles. The molecule has 0 spiro atoms. The second-order valence-electron chi connectivity index (χ2n) is 9.00. The first-order valence-electron chi connectivity index (χ1n) is 11.8. The minimum absolute atomic E-state index is 0.0765. The first-order valence-corrected chi connectivity index (χ1v) is 11.8. The molecule has 0 bridgehead atoms. The summed E-state index contributed by atoms with van der Waals surface area (Å²) in [5, 5.41) is 62.9. The first-order chi connectivity index (χ1) is 19.1. The Hall–Kier alpha value is -5.90. The summed E-state index contributed by atoms with van der Waals surface area (Å²) >= 11 is 0. The smallest absolute Gasteiger partial charge is 0.197 e. The van der Waals surface area contributed by atoms with E-state index < -0.39 is 45.2 Å². The van der Waals surface area contributed by atoms with Gasteiger partial charge < -0.3 is 39.5 Å². The third kappa shape index (κ3) is 3.74. The van der Waals surface area contributed by atoms with Crippen molar-refractivity contribution in [1.29, 1.82) is 0 Å². The van der Waals surface area contributed by atoms with E-state index in [-0.39, 0.29) is 50.3 Å². The van der Waals surface area contributed by atoms with Crippen molar-refractivity contribution in [3.63, 3.8) is 0 Å². The Labute approximate surface area is 223 Å². The molecule has 4 aromatic carbocycles. The van der Waals surface area contributed by atoms with Crippen LogP contribution in [0.2, 0.25) is 0 Å². The highest BCUT2D eigenvalue weighted by Gasteiger charge is 2.27. The van der Waals surface area contributed by atoms with Gasteiger partial charge in [-0.05, 0) is 12.1 Å². The van der Waals surface area contributed by atoms with Crippen LogP contribution < -0.4 is 10.9 Å². The van der Waals surface area contributed by atoms with Crippen molar-refractivity contribution in [2.24, 2.45) is 0 Å². The van der Waals surface area contributed by atoms with Gasteiger partial charge >= 0.3 is 0 Å². The van der Waals surface area contributed by atoms with Gasteiger partial charge in [0.05, 0.1) is 5.56 Å². The summed E-state index contributed by atoms with van der Waals surface area (Å²) in [5.74, 6) is -3.74. The van der Waals surface area contributed by atoms with E-state index in [1.54, 1.807) is 30.3 Å². The molecule has 2 aromatic heterocycles. The van der Waals surface area contributed by atoms with Gasteiger partial charge in [-0.1, -0.05) is 30.3 Å². The minimum Gasteiger partial charge on any atom is -0.508 e. The molecule has 10 nitrogen and oxygen atoms in total. The number of benzene rings is 4. The molecule has 0 amide bonds. The molecule has 40 heavy (non-hydrogen) atoms. The van der Waals surface area contributed by atoms with Crippen molar-refractivity contribution in [3.05, 3.63) is 93.2 Å². The van der Waals surface area contributed by atoms with Crippen LogP contribution in [0.3, 0.4) is 0 Å². The van der Waals surface area contributed by atoms with E-state index in [0.29, 0.717) is 5.56 Å². The van der Waals surface area contributed by atoms with Gasteiger partial charge in [0.15, 0.2) is 22.4 Å². The van der Waals surface area contributed by atoms with E-state index >= 15 is 0 Å². The highest BCUT2D eigenvalue weighted by atomic mass is 16.3. The predicted octanol–water partition coefficient (Wildman–Crippen LogP) is 5.13. The fourth-order valence-corrected chi connectivity index (χ4v) is 4.71. The van der Waals surface area contributed by atoms with E-state index in [1.807, 2.05) is 0 Å². The third-order valence-corrected chi connectivity index (χ3v) is 6.50. The molecule has 0 aliphatic carbocycles. The maximum atomic E-state index is 13.1. The van der Waals surface area contributed by atoms with Crippen LogP contribution in [-0.4, -0.2) is 30.6 Å². The molecule has 0 aliphatic rings. The zero-order valence-corrected chi connectivity index (χ0v) is 20.2. The average molecular weight is 538 g/mol. The standard InChI is InChI=1S/C30H18O10/c31-14-8-17(33)26-18(34)11-22(40-23(26)9-14)15-6-7-16(32)29(37)25(15)28-20(36)12-24-27(30(28)38)19(35)10-21(39-24)13-4-2-1-3-5-13/h1-12,31-33,36-38H. The van der Waals surface area contributed by atoms with Crippen LogP contribution >= 0.6 is 0 Å². The number of rotatable bonds is 3. The average Bonchev–Trinajstić information content (AvgIpc) is 2.90. The van der Waals surface area contributed by atoms with Crippen molar-refractivity contribution < 1.29 is 39.5 Å². The van der Waals surface area contributed by atoms with E-state index in [1.165, 1.54) is 12.1 Å². The van der Waals surface area contributed by atoms with Crippen molar-refractivity contribution in [1.82, 2.24) is 0 Å². The lowest BCUT2D eigenvalue weighted by atomic mass is 9.93. The van der Waals surface area contributed by atoms with E-state index in [2.05, 4.69) is 0 Å². The van der Waals surface area contributed by atoms with Gasteiger partial charge in [0.1, 0.15) is 56.5 Å². The topological polar surface area (TPSA) is 182 Å².